The van der Waals surface area contributed by atoms with Gasteiger partial charge < -0.3 is 4.90 Å². The van der Waals surface area contributed by atoms with Gasteiger partial charge >= 0.3 is 0 Å². The summed E-state index contributed by atoms with van der Waals surface area (Å²) in [6.45, 7) is 20.9. The smallest absolute Gasteiger partial charge is 0.0995 e. The Balaban J connectivity index is 4.75. The molecule has 0 aromatic rings. The van der Waals surface area contributed by atoms with Gasteiger partial charge in [0.15, 0.2) is 0 Å². The predicted octanol–water partition coefficient (Wildman–Crippen LogP) is 4.72. The first kappa shape index (κ1) is 17.2. The van der Waals surface area contributed by atoms with E-state index in [0.29, 0.717) is 5.41 Å². The van der Waals surface area contributed by atoms with Gasteiger partial charge in [-0.1, -0.05) is 48.1 Å². The lowest BCUT2D eigenvalue weighted by Gasteiger charge is -2.32. The second-order valence-corrected chi connectivity index (χ2v) is 7.54. The van der Waals surface area contributed by atoms with Crippen LogP contribution in [-0.2, 0) is 0 Å². The van der Waals surface area contributed by atoms with Crippen LogP contribution in [0.5, 0.6) is 0 Å². The highest BCUT2D eigenvalue weighted by atomic mass is 15.2. The van der Waals surface area contributed by atoms with Crippen LogP contribution in [0, 0.1) is 10.8 Å². The SMILES string of the molecule is C=C(CC(C)(C)C)N(CCC(C)(C)C)C(C)=NC. The van der Waals surface area contributed by atoms with Gasteiger partial charge in [0.1, 0.15) is 0 Å². The Kier molecular flexibility index (Phi) is 6.12. The quantitative estimate of drug-likeness (QED) is 0.522. The molecule has 0 rings (SSSR count). The van der Waals surface area contributed by atoms with Crippen molar-refractivity contribution in [3.8, 4) is 0 Å². The van der Waals surface area contributed by atoms with Crippen LogP contribution in [0.4, 0.5) is 0 Å². The van der Waals surface area contributed by atoms with Crippen molar-refractivity contribution in [1.82, 2.24) is 4.90 Å². The summed E-state index contributed by atoms with van der Waals surface area (Å²) in [6, 6.07) is 0. The van der Waals surface area contributed by atoms with Crippen molar-refractivity contribution in [3.63, 3.8) is 0 Å². The van der Waals surface area contributed by atoms with Gasteiger partial charge in [-0.3, -0.25) is 4.99 Å². The normalized spacial score (nSPS) is 13.7. The lowest BCUT2D eigenvalue weighted by molar-refractivity contribution is 0.308. The van der Waals surface area contributed by atoms with E-state index in [2.05, 4.69) is 64.9 Å². The molecule has 0 saturated carbocycles. The zero-order valence-corrected chi connectivity index (χ0v) is 13.7. The second-order valence-electron chi connectivity index (χ2n) is 7.54. The largest absolute Gasteiger partial charge is 0.335 e. The van der Waals surface area contributed by atoms with Crippen LogP contribution in [0.1, 0.15) is 61.3 Å². The molecule has 106 valence electrons. The molecular weight excluding hydrogens is 220 g/mol. The van der Waals surface area contributed by atoms with Crippen LogP contribution in [0.3, 0.4) is 0 Å². The second kappa shape index (κ2) is 6.40. The summed E-state index contributed by atoms with van der Waals surface area (Å²) in [5, 5.41) is 0. The molecule has 2 nitrogen and oxygen atoms in total. The lowest BCUT2D eigenvalue weighted by Crippen LogP contribution is -2.32. The standard InChI is InChI=1S/C16H32N2/c1-13(12-16(6,7)8)18(14(2)17-9)11-10-15(3,4)5/h1,10-12H2,2-9H3. The third-order valence-electron chi connectivity index (χ3n) is 2.92. The molecule has 18 heavy (non-hydrogen) atoms. The Morgan fingerprint density at radius 1 is 1.06 bits per heavy atom. The van der Waals surface area contributed by atoms with Crippen molar-refractivity contribution in [3.05, 3.63) is 12.3 Å². The van der Waals surface area contributed by atoms with Crippen LogP contribution < -0.4 is 0 Å². The number of hydrogen-bond donors (Lipinski definition) is 0. The highest BCUT2D eigenvalue weighted by molar-refractivity contribution is 5.81. The Bertz CT molecular complexity index is 300. The van der Waals surface area contributed by atoms with Crippen LogP contribution >= 0.6 is 0 Å². The molecule has 0 atom stereocenters. The summed E-state index contributed by atoms with van der Waals surface area (Å²) in [6.07, 6.45) is 2.15. The van der Waals surface area contributed by atoms with Gasteiger partial charge in [0, 0.05) is 19.3 Å². The van der Waals surface area contributed by atoms with Crippen LogP contribution in [0.2, 0.25) is 0 Å². The van der Waals surface area contributed by atoms with E-state index in [1.54, 1.807) is 0 Å². The molecule has 0 radical (unpaired) electrons. The average molecular weight is 252 g/mol. The molecule has 0 aliphatic rings. The number of amidine groups is 1. The Morgan fingerprint density at radius 3 is 1.89 bits per heavy atom. The van der Waals surface area contributed by atoms with Crippen molar-refractivity contribution in [1.29, 1.82) is 0 Å². The molecule has 0 amide bonds. The molecule has 0 aromatic carbocycles. The summed E-state index contributed by atoms with van der Waals surface area (Å²) in [5.41, 5.74) is 1.79. The molecule has 0 bridgehead atoms. The van der Waals surface area contributed by atoms with Crippen LogP contribution in [0.15, 0.2) is 17.3 Å². The predicted molar refractivity (Wildman–Crippen MR) is 83.0 cm³/mol. The minimum Gasteiger partial charge on any atom is -0.335 e. The molecule has 0 unspecified atom stereocenters. The number of nitrogens with zero attached hydrogens (tertiary/aromatic N) is 2. The molecule has 0 aliphatic heterocycles. The van der Waals surface area contributed by atoms with Crippen molar-refractivity contribution in [2.45, 2.75) is 61.3 Å². The van der Waals surface area contributed by atoms with Gasteiger partial charge in [0.2, 0.25) is 0 Å². The maximum atomic E-state index is 4.32. The highest BCUT2D eigenvalue weighted by Gasteiger charge is 2.20. The number of aliphatic imine (C=N–C) groups is 1. The Hall–Kier alpha value is -0.790. The van der Waals surface area contributed by atoms with Crippen LogP contribution in [0.25, 0.3) is 0 Å². The van der Waals surface area contributed by atoms with Gasteiger partial charge in [-0.2, -0.15) is 0 Å². The first-order chi connectivity index (χ1) is 7.96. The molecule has 2 heteroatoms. The Morgan fingerprint density at radius 2 is 1.56 bits per heavy atom. The van der Waals surface area contributed by atoms with Crippen LogP contribution in [-0.4, -0.2) is 24.3 Å². The minimum atomic E-state index is 0.269. The first-order valence-corrected chi connectivity index (χ1v) is 6.85. The van der Waals surface area contributed by atoms with Gasteiger partial charge in [0.25, 0.3) is 0 Å². The maximum absolute atomic E-state index is 4.32. The van der Waals surface area contributed by atoms with E-state index >= 15 is 0 Å². The molecule has 0 fully saturated rings. The van der Waals surface area contributed by atoms with E-state index in [1.165, 1.54) is 5.70 Å². The van der Waals surface area contributed by atoms with Crippen molar-refractivity contribution in [2.75, 3.05) is 13.6 Å². The van der Waals surface area contributed by atoms with Gasteiger partial charge in [-0.25, -0.2) is 0 Å². The summed E-state index contributed by atoms with van der Waals surface area (Å²) in [4.78, 5) is 6.60. The summed E-state index contributed by atoms with van der Waals surface area (Å²) >= 11 is 0. The molecule has 0 spiro atoms. The fourth-order valence-electron chi connectivity index (χ4n) is 1.82. The third kappa shape index (κ3) is 7.52. The zero-order chi connectivity index (χ0) is 14.6. The maximum Gasteiger partial charge on any atom is 0.0995 e. The lowest BCUT2D eigenvalue weighted by atomic mass is 9.89. The van der Waals surface area contributed by atoms with E-state index < -0.39 is 0 Å². The summed E-state index contributed by atoms with van der Waals surface area (Å²) < 4.78 is 0. The number of allylic oxidation sites excluding steroid dienone is 1. The topological polar surface area (TPSA) is 15.6 Å². The molecule has 0 aliphatic carbocycles. The zero-order valence-electron chi connectivity index (χ0n) is 13.7. The van der Waals surface area contributed by atoms with Gasteiger partial charge in [-0.05, 0) is 30.6 Å². The molecular formula is C16H32N2. The van der Waals surface area contributed by atoms with Crippen molar-refractivity contribution < 1.29 is 0 Å². The van der Waals surface area contributed by atoms with E-state index in [4.69, 9.17) is 0 Å². The van der Waals surface area contributed by atoms with Gasteiger partial charge in [-0.15, -0.1) is 0 Å². The number of hydrogen-bond acceptors (Lipinski definition) is 1. The summed E-state index contributed by atoms with van der Waals surface area (Å²) in [7, 11) is 1.85. The molecule has 0 N–H and O–H groups in total. The first-order valence-electron chi connectivity index (χ1n) is 6.85. The number of rotatable bonds is 4. The van der Waals surface area contributed by atoms with E-state index in [-0.39, 0.29) is 5.41 Å². The monoisotopic (exact) mass is 252 g/mol. The van der Waals surface area contributed by atoms with E-state index in [1.807, 2.05) is 7.05 Å². The minimum absolute atomic E-state index is 0.269. The van der Waals surface area contributed by atoms with E-state index in [9.17, 15) is 0 Å². The Labute approximate surface area is 114 Å². The third-order valence-corrected chi connectivity index (χ3v) is 2.92. The van der Waals surface area contributed by atoms with E-state index in [0.717, 1.165) is 25.2 Å². The molecule has 0 saturated heterocycles. The molecule has 0 aromatic heterocycles. The fraction of sp³-hybridized carbons (Fsp3) is 0.812. The average Bonchev–Trinajstić information content (AvgIpc) is 2.12. The van der Waals surface area contributed by atoms with Crippen molar-refractivity contribution in [2.24, 2.45) is 15.8 Å². The van der Waals surface area contributed by atoms with Gasteiger partial charge in [0.05, 0.1) is 5.84 Å². The molecule has 0 heterocycles. The highest BCUT2D eigenvalue weighted by Crippen LogP contribution is 2.27. The summed E-state index contributed by atoms with van der Waals surface area (Å²) in [5.74, 6) is 1.06. The fourth-order valence-corrected chi connectivity index (χ4v) is 1.82. The van der Waals surface area contributed by atoms with Crippen molar-refractivity contribution >= 4 is 5.84 Å².